The van der Waals surface area contributed by atoms with Crippen LogP contribution in [0.25, 0.3) is 0 Å². The van der Waals surface area contributed by atoms with E-state index in [1.165, 1.54) is 80.0 Å². The van der Waals surface area contributed by atoms with Crippen molar-refractivity contribution in [1.29, 1.82) is 0 Å². The number of ether oxygens (including phenoxy) is 1. The Labute approximate surface area is 269 Å². The van der Waals surface area contributed by atoms with Gasteiger partial charge in [-0.2, -0.15) is 23.5 Å². The van der Waals surface area contributed by atoms with E-state index in [2.05, 4.69) is 69.9 Å². The molecule has 0 spiro atoms. The van der Waals surface area contributed by atoms with E-state index < -0.39 is 0 Å². The quantitative estimate of drug-likeness (QED) is 0.168. The Hall–Kier alpha value is -2.09. The highest BCUT2D eigenvalue weighted by molar-refractivity contribution is 9.10. The van der Waals surface area contributed by atoms with E-state index in [1.807, 2.05) is 47.8 Å². The van der Waals surface area contributed by atoms with Crippen LogP contribution in [-0.2, 0) is 23.0 Å². The van der Waals surface area contributed by atoms with Gasteiger partial charge in [-0.3, -0.25) is 0 Å². The highest BCUT2D eigenvalue weighted by Gasteiger charge is 2.10. The maximum Gasteiger partial charge on any atom is 0.323 e. The second-order valence-corrected chi connectivity index (χ2v) is 14.0. The van der Waals surface area contributed by atoms with E-state index in [1.54, 1.807) is 0 Å². The highest BCUT2D eigenvalue weighted by atomic mass is 79.9. The molecule has 7 heteroatoms. The van der Waals surface area contributed by atoms with Crippen molar-refractivity contribution in [1.82, 2.24) is 0 Å². The topological polar surface area (TPSA) is 50.4 Å². The van der Waals surface area contributed by atoms with E-state index in [0.717, 1.165) is 57.6 Å². The van der Waals surface area contributed by atoms with Gasteiger partial charge in [0.2, 0.25) is 0 Å². The smallest absolute Gasteiger partial charge is 0.323 e. The molecule has 0 saturated heterocycles. The van der Waals surface area contributed by atoms with Crippen LogP contribution in [0.2, 0.25) is 0 Å². The largest absolute Gasteiger partial charge is 0.494 e. The number of hydrogen-bond acceptors (Lipinski definition) is 4. The second-order valence-electron chi connectivity index (χ2n) is 11.1. The number of hydrogen-bond donors (Lipinski definition) is 2. The summed E-state index contributed by atoms with van der Waals surface area (Å²) in [5, 5.41) is 5.95. The first-order chi connectivity index (χ1) is 20.6. The number of halogens is 1. The maximum absolute atomic E-state index is 12.7. The fourth-order valence-corrected chi connectivity index (χ4v) is 7.24. The molecule has 42 heavy (non-hydrogen) atoms. The number of urea groups is 1. The molecule has 2 amide bonds. The molecule has 0 aliphatic carbocycles. The van der Waals surface area contributed by atoms with Gasteiger partial charge in [0.15, 0.2) is 0 Å². The molecule has 0 atom stereocenters. The fourth-order valence-electron chi connectivity index (χ4n) is 5.16. The number of amides is 2. The zero-order valence-corrected chi connectivity index (χ0v) is 28.1. The first kappa shape index (κ1) is 32.8. The van der Waals surface area contributed by atoms with Crippen LogP contribution in [0.5, 0.6) is 5.75 Å². The van der Waals surface area contributed by atoms with Gasteiger partial charge >= 0.3 is 6.03 Å². The van der Waals surface area contributed by atoms with Crippen molar-refractivity contribution in [2.45, 2.75) is 94.1 Å². The van der Waals surface area contributed by atoms with Crippen LogP contribution in [0.3, 0.4) is 0 Å². The Kier molecular flexibility index (Phi) is 14.5. The van der Waals surface area contributed by atoms with Crippen LogP contribution >= 0.6 is 39.5 Å². The molecule has 4 rings (SSSR count). The lowest BCUT2D eigenvalue weighted by molar-refractivity contribution is 0.262. The van der Waals surface area contributed by atoms with Crippen LogP contribution < -0.4 is 15.4 Å². The lowest BCUT2D eigenvalue weighted by Crippen LogP contribution is -2.19. The minimum absolute atomic E-state index is 0.234. The average molecular weight is 670 g/mol. The van der Waals surface area contributed by atoms with Crippen molar-refractivity contribution in [2.24, 2.45) is 0 Å². The molecule has 1 aliphatic rings. The van der Waals surface area contributed by atoms with Crippen molar-refractivity contribution in [3.63, 3.8) is 0 Å². The molecule has 1 heterocycles. The molecule has 2 N–H and O–H groups in total. The summed E-state index contributed by atoms with van der Waals surface area (Å²) in [7, 11) is 0. The summed E-state index contributed by atoms with van der Waals surface area (Å²) >= 11 is 7.23. The number of unbranched alkanes of at least 4 members (excludes halogenated alkanes) is 9. The van der Waals surface area contributed by atoms with Gasteiger partial charge < -0.3 is 15.4 Å². The van der Waals surface area contributed by atoms with Crippen molar-refractivity contribution < 1.29 is 9.53 Å². The van der Waals surface area contributed by atoms with Crippen LogP contribution in [0, 0.1) is 0 Å². The molecular formula is C35H45BrN2O2S2. The summed E-state index contributed by atoms with van der Waals surface area (Å²) in [5.74, 6) is 4.66. The van der Waals surface area contributed by atoms with Gasteiger partial charge in [-0.15, -0.1) is 0 Å². The number of benzene rings is 3. The lowest BCUT2D eigenvalue weighted by Gasteiger charge is -2.15. The van der Waals surface area contributed by atoms with E-state index in [9.17, 15) is 4.79 Å². The van der Waals surface area contributed by atoms with Crippen molar-refractivity contribution in [3.8, 4) is 5.75 Å². The Morgan fingerprint density at radius 2 is 1.14 bits per heavy atom. The number of fused-ring (bicyclic) bond motifs is 4. The molecular weight excluding hydrogens is 624 g/mol. The van der Waals surface area contributed by atoms with E-state index >= 15 is 0 Å². The SMILES string of the molecule is CCCCCCCCCCCCOc1cc2cc(c1)CSCc1cc(cc(NC(=O)Nc3ccc(Br)cc3)c1)CSC2. The van der Waals surface area contributed by atoms with Gasteiger partial charge in [-0.1, -0.05) is 92.8 Å². The highest BCUT2D eigenvalue weighted by Crippen LogP contribution is 2.30. The summed E-state index contributed by atoms with van der Waals surface area (Å²) < 4.78 is 7.21. The van der Waals surface area contributed by atoms with Crippen molar-refractivity contribution in [3.05, 3.63) is 87.4 Å². The lowest BCUT2D eigenvalue weighted by atomic mass is 10.1. The Bertz CT molecular complexity index is 1210. The molecule has 4 bridgehead atoms. The summed E-state index contributed by atoms with van der Waals surface area (Å²) in [6.45, 7) is 3.08. The van der Waals surface area contributed by atoms with Gasteiger partial charge in [-0.05, 0) is 77.2 Å². The minimum atomic E-state index is -0.234. The van der Waals surface area contributed by atoms with E-state index in [-0.39, 0.29) is 6.03 Å². The number of thioether (sulfide) groups is 2. The van der Waals surface area contributed by atoms with Crippen LogP contribution in [0.4, 0.5) is 16.2 Å². The van der Waals surface area contributed by atoms with Gasteiger partial charge in [0, 0.05) is 38.9 Å². The molecule has 1 aliphatic heterocycles. The molecule has 3 aromatic carbocycles. The Morgan fingerprint density at radius 3 is 1.69 bits per heavy atom. The second kappa shape index (κ2) is 18.5. The van der Waals surface area contributed by atoms with Crippen LogP contribution in [0.1, 0.15) is 93.4 Å². The molecule has 0 aromatic heterocycles. The van der Waals surface area contributed by atoms with Crippen molar-refractivity contribution in [2.75, 3.05) is 17.2 Å². The van der Waals surface area contributed by atoms with E-state index in [0.29, 0.717) is 0 Å². The third-order valence-corrected chi connectivity index (χ3v) is 9.96. The molecule has 3 aromatic rings. The van der Waals surface area contributed by atoms with Crippen LogP contribution in [-0.4, -0.2) is 12.6 Å². The van der Waals surface area contributed by atoms with Crippen LogP contribution in [0.15, 0.2) is 65.1 Å². The number of nitrogens with one attached hydrogen (secondary N) is 2. The monoisotopic (exact) mass is 668 g/mol. The van der Waals surface area contributed by atoms with Gasteiger partial charge in [0.1, 0.15) is 5.75 Å². The van der Waals surface area contributed by atoms with Gasteiger partial charge in [0.05, 0.1) is 6.61 Å². The zero-order valence-electron chi connectivity index (χ0n) is 24.9. The molecule has 0 unspecified atom stereocenters. The molecule has 0 saturated carbocycles. The predicted molar refractivity (Wildman–Crippen MR) is 187 cm³/mol. The van der Waals surface area contributed by atoms with Crippen molar-refractivity contribution >= 4 is 56.9 Å². The Balaban J connectivity index is 1.24. The average Bonchev–Trinajstić information content (AvgIpc) is 2.96. The normalized spacial score (nSPS) is 13.1. The number of rotatable bonds is 14. The third kappa shape index (κ3) is 12.3. The third-order valence-electron chi connectivity index (χ3n) is 7.28. The first-order valence-electron chi connectivity index (χ1n) is 15.4. The minimum Gasteiger partial charge on any atom is -0.494 e. The fraction of sp³-hybridized carbons (Fsp3) is 0.457. The number of carbonyl (C=O) groups excluding carboxylic acids is 1. The molecule has 226 valence electrons. The Morgan fingerprint density at radius 1 is 0.667 bits per heavy atom. The molecule has 0 fully saturated rings. The summed E-state index contributed by atoms with van der Waals surface area (Å²) in [6.07, 6.45) is 13.4. The molecule has 0 radical (unpaired) electrons. The van der Waals surface area contributed by atoms with Gasteiger partial charge in [-0.25, -0.2) is 4.79 Å². The first-order valence-corrected chi connectivity index (χ1v) is 18.5. The summed E-state index contributed by atoms with van der Waals surface area (Å²) in [5.41, 5.74) is 6.68. The maximum atomic E-state index is 12.7. The number of carbonyl (C=O) groups is 1. The zero-order chi connectivity index (χ0) is 29.4. The molecule has 4 nitrogen and oxygen atoms in total. The summed E-state index contributed by atoms with van der Waals surface area (Å²) in [6, 6.07) is 20.6. The standard InChI is InChI=1S/C35H45BrN2O2S2/c1-2-3-4-5-6-7-8-9-10-11-16-40-34-21-29-18-30(22-34)26-42-24-28-17-27(23-41-25-29)19-33(20-28)38-35(39)37-32-14-12-31(36)13-15-32/h12-15,17-22H,2-11,16,23-26H2,1H3,(H2,37,38,39). The van der Waals surface area contributed by atoms with Gasteiger partial charge in [0.25, 0.3) is 0 Å². The predicted octanol–water partition coefficient (Wildman–Crippen LogP) is 11.6. The van der Waals surface area contributed by atoms with E-state index in [4.69, 9.17) is 4.74 Å². The summed E-state index contributed by atoms with van der Waals surface area (Å²) in [4.78, 5) is 12.7. The number of anilines is 2.